The zero-order valence-electron chi connectivity index (χ0n) is 15.5. The second-order valence-corrected chi connectivity index (χ2v) is 9.95. The van der Waals surface area contributed by atoms with E-state index in [4.69, 9.17) is 23.2 Å². The molecule has 0 aliphatic heterocycles. The number of hydrogen-bond donors (Lipinski definition) is 2. The summed E-state index contributed by atoms with van der Waals surface area (Å²) in [7, 11) is -1.12. The van der Waals surface area contributed by atoms with Crippen molar-refractivity contribution >= 4 is 39.0 Å². The molecule has 0 aliphatic carbocycles. The lowest BCUT2D eigenvalue weighted by Crippen LogP contribution is -2.42. The Morgan fingerprint density at radius 1 is 1.32 bits per heavy atom. The van der Waals surface area contributed by atoms with E-state index in [9.17, 15) is 8.42 Å². The summed E-state index contributed by atoms with van der Waals surface area (Å²) in [6, 6.07) is 1.80. The van der Waals surface area contributed by atoms with Gasteiger partial charge in [-0.15, -0.1) is 0 Å². The number of aromatic nitrogens is 1. The van der Waals surface area contributed by atoms with Gasteiger partial charge in [0, 0.05) is 32.1 Å². The first-order valence-electron chi connectivity index (χ1n) is 8.14. The van der Waals surface area contributed by atoms with Crippen molar-refractivity contribution in [3.05, 3.63) is 21.9 Å². The lowest BCUT2D eigenvalue weighted by atomic mass is 9.90. The molecule has 1 heterocycles. The van der Waals surface area contributed by atoms with E-state index >= 15 is 0 Å². The summed E-state index contributed by atoms with van der Waals surface area (Å²) in [5.74, 6) is 0.846. The molecule has 0 saturated heterocycles. The molecule has 0 unspecified atom stereocenters. The minimum Gasteiger partial charge on any atom is -0.357 e. The highest BCUT2D eigenvalue weighted by molar-refractivity contribution is 7.90. The fourth-order valence-electron chi connectivity index (χ4n) is 2.12. The first-order valence-corrected chi connectivity index (χ1v) is 11.0. The molecule has 0 amide bonds. The van der Waals surface area contributed by atoms with Crippen molar-refractivity contribution in [3.8, 4) is 0 Å². The fraction of sp³-hybridized carbons (Fsp3) is 0.688. The van der Waals surface area contributed by atoms with E-state index in [1.54, 1.807) is 10.6 Å². The molecule has 0 aromatic carbocycles. The largest absolute Gasteiger partial charge is 0.357 e. The van der Waals surface area contributed by atoms with Gasteiger partial charge in [-0.2, -0.15) is 0 Å². The van der Waals surface area contributed by atoms with Gasteiger partial charge in [-0.1, -0.05) is 37.0 Å². The molecule has 144 valence electrons. The summed E-state index contributed by atoms with van der Waals surface area (Å²) < 4.78 is 24.5. The molecular formula is C16H28Cl2N4O2S. The molecule has 9 heteroatoms. The Labute approximate surface area is 160 Å². The Bertz CT molecular complexity index is 712. The van der Waals surface area contributed by atoms with E-state index in [2.05, 4.69) is 15.6 Å². The van der Waals surface area contributed by atoms with E-state index in [-0.39, 0.29) is 11.2 Å². The van der Waals surface area contributed by atoms with Gasteiger partial charge >= 0.3 is 0 Å². The van der Waals surface area contributed by atoms with Crippen molar-refractivity contribution in [2.45, 2.75) is 33.7 Å². The highest BCUT2D eigenvalue weighted by Crippen LogP contribution is 2.25. The second kappa shape index (κ2) is 9.14. The van der Waals surface area contributed by atoms with Crippen molar-refractivity contribution in [2.24, 2.45) is 17.5 Å². The van der Waals surface area contributed by atoms with E-state index in [1.807, 2.05) is 27.8 Å². The third-order valence-electron chi connectivity index (χ3n) is 3.84. The maximum Gasteiger partial charge on any atom is 0.191 e. The summed E-state index contributed by atoms with van der Waals surface area (Å²) in [5.41, 5.74) is 0.736. The van der Waals surface area contributed by atoms with Gasteiger partial charge in [0.05, 0.1) is 17.3 Å². The number of nitrogens with zero attached hydrogens (tertiary/aromatic N) is 2. The van der Waals surface area contributed by atoms with Crippen LogP contribution in [0.5, 0.6) is 0 Å². The van der Waals surface area contributed by atoms with Crippen LogP contribution in [0.1, 0.15) is 32.9 Å². The SMILES string of the molecule is CCNC(=NCc1cc(Cl)c(Cl)n1C)NCC(C)(C)CCS(C)(=O)=O. The molecule has 0 aliphatic rings. The molecule has 0 bridgehead atoms. The Morgan fingerprint density at radius 3 is 2.44 bits per heavy atom. The van der Waals surface area contributed by atoms with Gasteiger partial charge in [-0.3, -0.25) is 0 Å². The predicted octanol–water partition coefficient (Wildman–Crippen LogP) is 2.85. The molecule has 0 saturated carbocycles. The maximum absolute atomic E-state index is 11.4. The Balaban J connectivity index is 2.71. The zero-order chi connectivity index (χ0) is 19.3. The average Bonchev–Trinajstić information content (AvgIpc) is 2.75. The average molecular weight is 411 g/mol. The molecule has 0 fully saturated rings. The minimum atomic E-state index is -2.96. The Hall–Kier alpha value is -0.920. The van der Waals surface area contributed by atoms with Gasteiger partial charge < -0.3 is 15.2 Å². The van der Waals surface area contributed by atoms with Gasteiger partial charge in [0.25, 0.3) is 0 Å². The van der Waals surface area contributed by atoms with Gasteiger partial charge in [-0.05, 0) is 24.8 Å². The van der Waals surface area contributed by atoms with Crippen LogP contribution in [0.4, 0.5) is 0 Å². The quantitative estimate of drug-likeness (QED) is 0.510. The van der Waals surface area contributed by atoms with Crippen LogP contribution >= 0.6 is 23.2 Å². The highest BCUT2D eigenvalue weighted by Gasteiger charge is 2.20. The molecule has 1 rings (SSSR count). The van der Waals surface area contributed by atoms with Crippen LogP contribution in [0.2, 0.25) is 10.2 Å². The van der Waals surface area contributed by atoms with Crippen LogP contribution in [-0.2, 0) is 23.4 Å². The third kappa shape index (κ3) is 7.88. The third-order valence-corrected chi connectivity index (χ3v) is 5.63. The number of hydrogen-bond acceptors (Lipinski definition) is 3. The van der Waals surface area contributed by atoms with Gasteiger partial charge in [-0.25, -0.2) is 13.4 Å². The highest BCUT2D eigenvalue weighted by atomic mass is 35.5. The van der Waals surface area contributed by atoms with E-state index in [0.29, 0.717) is 35.6 Å². The van der Waals surface area contributed by atoms with Crippen molar-refractivity contribution < 1.29 is 8.42 Å². The molecule has 1 aromatic rings. The lowest BCUT2D eigenvalue weighted by molar-refractivity contribution is 0.348. The Kier molecular flexibility index (Phi) is 8.09. The number of halogens is 2. The molecule has 25 heavy (non-hydrogen) atoms. The number of guanidine groups is 1. The molecular weight excluding hydrogens is 383 g/mol. The summed E-state index contributed by atoms with van der Waals surface area (Å²) >= 11 is 12.1. The minimum absolute atomic E-state index is 0.170. The number of rotatable bonds is 8. The molecule has 0 spiro atoms. The van der Waals surface area contributed by atoms with Crippen LogP contribution in [0, 0.1) is 5.41 Å². The first kappa shape index (κ1) is 22.1. The molecule has 1 aromatic heterocycles. The lowest BCUT2D eigenvalue weighted by Gasteiger charge is -2.25. The van der Waals surface area contributed by atoms with Crippen LogP contribution in [0.25, 0.3) is 0 Å². The standard InChI is InChI=1S/C16H28Cl2N4O2S/c1-6-19-15(20-10-12-9-13(17)14(18)22(12)4)21-11-16(2,3)7-8-25(5,23)24/h9H,6-8,10-11H2,1-5H3,(H2,19,20,21). The normalized spacial score (nSPS) is 13.2. The summed E-state index contributed by atoms with van der Waals surface area (Å²) in [6.45, 7) is 7.83. The number of aliphatic imine (C=N–C) groups is 1. The van der Waals surface area contributed by atoms with Crippen LogP contribution < -0.4 is 10.6 Å². The molecule has 0 atom stereocenters. The maximum atomic E-state index is 11.4. The molecule has 6 nitrogen and oxygen atoms in total. The topological polar surface area (TPSA) is 75.5 Å². The number of sulfone groups is 1. The van der Waals surface area contributed by atoms with Crippen LogP contribution in [0.3, 0.4) is 0 Å². The smallest absolute Gasteiger partial charge is 0.191 e. The van der Waals surface area contributed by atoms with Crippen LogP contribution in [-0.4, -0.2) is 44.0 Å². The van der Waals surface area contributed by atoms with Crippen LogP contribution in [0.15, 0.2) is 11.1 Å². The summed E-state index contributed by atoms with van der Waals surface area (Å²) in [4.78, 5) is 4.55. The molecule has 0 radical (unpaired) electrons. The van der Waals surface area contributed by atoms with E-state index < -0.39 is 9.84 Å². The number of nitrogens with one attached hydrogen (secondary N) is 2. The van der Waals surface area contributed by atoms with Crippen molar-refractivity contribution in [3.63, 3.8) is 0 Å². The Morgan fingerprint density at radius 2 is 1.96 bits per heavy atom. The fourth-order valence-corrected chi connectivity index (χ4v) is 3.45. The molecule has 2 N–H and O–H groups in total. The van der Waals surface area contributed by atoms with Gasteiger partial charge in [0.15, 0.2) is 5.96 Å². The first-order chi connectivity index (χ1) is 11.4. The predicted molar refractivity (Wildman–Crippen MR) is 106 cm³/mol. The monoisotopic (exact) mass is 410 g/mol. The second-order valence-electron chi connectivity index (χ2n) is 6.93. The van der Waals surface area contributed by atoms with Crippen molar-refractivity contribution in [1.82, 2.24) is 15.2 Å². The van der Waals surface area contributed by atoms with Crippen molar-refractivity contribution in [1.29, 1.82) is 0 Å². The van der Waals surface area contributed by atoms with Gasteiger partial charge in [0.1, 0.15) is 15.0 Å². The van der Waals surface area contributed by atoms with Crippen molar-refractivity contribution in [2.75, 3.05) is 25.1 Å². The zero-order valence-corrected chi connectivity index (χ0v) is 17.8. The summed E-state index contributed by atoms with van der Waals surface area (Å²) in [6.07, 6.45) is 1.85. The summed E-state index contributed by atoms with van der Waals surface area (Å²) in [5, 5.41) is 7.46. The van der Waals surface area contributed by atoms with E-state index in [1.165, 1.54) is 6.26 Å². The van der Waals surface area contributed by atoms with E-state index in [0.717, 1.165) is 12.2 Å². The van der Waals surface area contributed by atoms with Gasteiger partial charge in [0.2, 0.25) is 0 Å².